The average molecular weight is 153 g/mol. The second-order valence-electron chi connectivity index (χ2n) is 3.02. The Kier molecular flexibility index (Phi) is 1.46. The third-order valence-electron chi connectivity index (χ3n) is 2.14. The molecule has 1 fully saturated rings. The normalized spacial score (nSPS) is 36.2. The molecule has 1 spiro atoms. The second kappa shape index (κ2) is 2.34. The highest BCUT2D eigenvalue weighted by Crippen LogP contribution is 2.26. The van der Waals surface area contributed by atoms with Crippen LogP contribution in [-0.2, 0) is 9.53 Å². The van der Waals surface area contributed by atoms with Crippen LogP contribution in [0.4, 0.5) is 0 Å². The van der Waals surface area contributed by atoms with Crippen molar-refractivity contribution >= 4 is 5.91 Å². The van der Waals surface area contributed by atoms with Gasteiger partial charge in [-0.05, 0) is 25.3 Å². The molecule has 1 N–H and O–H groups in total. The van der Waals surface area contributed by atoms with Gasteiger partial charge >= 0.3 is 0 Å². The van der Waals surface area contributed by atoms with E-state index in [4.69, 9.17) is 4.74 Å². The van der Waals surface area contributed by atoms with Gasteiger partial charge in [0.1, 0.15) is 0 Å². The lowest BCUT2D eigenvalue weighted by Gasteiger charge is -2.31. The van der Waals surface area contributed by atoms with Crippen molar-refractivity contribution in [2.75, 3.05) is 6.61 Å². The van der Waals surface area contributed by atoms with Crippen molar-refractivity contribution in [3.8, 4) is 0 Å². The zero-order valence-corrected chi connectivity index (χ0v) is 6.30. The highest BCUT2D eigenvalue weighted by atomic mass is 16.5. The van der Waals surface area contributed by atoms with Crippen molar-refractivity contribution < 1.29 is 9.53 Å². The van der Waals surface area contributed by atoms with Crippen LogP contribution < -0.4 is 5.32 Å². The van der Waals surface area contributed by atoms with E-state index in [-0.39, 0.29) is 5.91 Å². The molecule has 60 valence electrons. The van der Waals surface area contributed by atoms with E-state index in [2.05, 4.69) is 5.32 Å². The summed E-state index contributed by atoms with van der Waals surface area (Å²) in [6.07, 6.45) is 6.52. The van der Waals surface area contributed by atoms with E-state index in [0.717, 1.165) is 25.9 Å². The fourth-order valence-corrected chi connectivity index (χ4v) is 1.55. The summed E-state index contributed by atoms with van der Waals surface area (Å²) < 4.78 is 5.48. The number of hydrogen-bond acceptors (Lipinski definition) is 2. The molecule has 1 unspecified atom stereocenters. The summed E-state index contributed by atoms with van der Waals surface area (Å²) in [5.41, 5.74) is -0.435. The minimum atomic E-state index is -0.435. The van der Waals surface area contributed by atoms with Gasteiger partial charge < -0.3 is 10.1 Å². The largest absolute Gasteiger partial charge is 0.352 e. The van der Waals surface area contributed by atoms with Crippen molar-refractivity contribution in [3.05, 3.63) is 12.2 Å². The van der Waals surface area contributed by atoms with Crippen LogP contribution in [-0.4, -0.2) is 18.2 Å². The van der Waals surface area contributed by atoms with Gasteiger partial charge in [-0.25, -0.2) is 0 Å². The molecule has 0 aromatic carbocycles. The van der Waals surface area contributed by atoms with Gasteiger partial charge in [0.25, 0.3) is 0 Å². The zero-order valence-electron chi connectivity index (χ0n) is 6.30. The van der Waals surface area contributed by atoms with Crippen LogP contribution in [0.2, 0.25) is 0 Å². The topological polar surface area (TPSA) is 38.3 Å². The predicted molar refractivity (Wildman–Crippen MR) is 39.8 cm³/mol. The van der Waals surface area contributed by atoms with Gasteiger partial charge in [0.05, 0.1) is 0 Å². The molecule has 0 aliphatic carbocycles. The molecule has 0 radical (unpaired) electrons. The van der Waals surface area contributed by atoms with E-state index in [1.807, 2.05) is 6.08 Å². The molecule has 1 saturated heterocycles. The molecule has 3 heteroatoms. The Balaban J connectivity index is 2.10. The summed E-state index contributed by atoms with van der Waals surface area (Å²) in [5.74, 6) is -0.0353. The SMILES string of the molecule is O=C1C=CC2(CCCCO2)N1. The van der Waals surface area contributed by atoms with Crippen LogP contribution in [0.5, 0.6) is 0 Å². The standard InChI is InChI=1S/C8H11NO2/c10-7-3-5-8(9-7)4-1-2-6-11-8/h3,5H,1-2,4,6H2,(H,9,10). The van der Waals surface area contributed by atoms with Crippen LogP contribution in [0.15, 0.2) is 12.2 Å². The Morgan fingerprint density at radius 1 is 1.55 bits per heavy atom. The first-order valence-electron chi connectivity index (χ1n) is 3.96. The molecule has 2 aliphatic heterocycles. The maximum absolute atomic E-state index is 10.8. The molecular formula is C8H11NO2. The van der Waals surface area contributed by atoms with Gasteiger partial charge in [-0.3, -0.25) is 4.79 Å². The van der Waals surface area contributed by atoms with Gasteiger partial charge in [-0.1, -0.05) is 0 Å². The molecule has 1 atom stereocenters. The van der Waals surface area contributed by atoms with Gasteiger partial charge in [0.2, 0.25) is 5.91 Å². The molecule has 0 aromatic rings. The Hall–Kier alpha value is -0.830. The van der Waals surface area contributed by atoms with Gasteiger partial charge in [0.15, 0.2) is 5.72 Å². The van der Waals surface area contributed by atoms with Gasteiger partial charge in [-0.15, -0.1) is 0 Å². The first-order chi connectivity index (χ1) is 5.31. The van der Waals surface area contributed by atoms with E-state index in [0.29, 0.717) is 0 Å². The maximum Gasteiger partial charge on any atom is 0.246 e. The van der Waals surface area contributed by atoms with Crippen LogP contribution in [0, 0.1) is 0 Å². The number of nitrogens with one attached hydrogen (secondary N) is 1. The quantitative estimate of drug-likeness (QED) is 0.552. The number of rotatable bonds is 0. The fraction of sp³-hybridized carbons (Fsp3) is 0.625. The van der Waals surface area contributed by atoms with Gasteiger partial charge in [-0.2, -0.15) is 0 Å². The number of ether oxygens (including phenoxy) is 1. The molecule has 2 rings (SSSR count). The predicted octanol–water partition coefficient (Wildman–Crippen LogP) is 0.569. The minimum Gasteiger partial charge on any atom is -0.352 e. The van der Waals surface area contributed by atoms with Crippen LogP contribution in [0.3, 0.4) is 0 Å². The summed E-state index contributed by atoms with van der Waals surface area (Å²) in [5, 5.41) is 2.80. The smallest absolute Gasteiger partial charge is 0.246 e. The molecule has 0 saturated carbocycles. The van der Waals surface area contributed by atoms with Crippen molar-refractivity contribution in [2.24, 2.45) is 0 Å². The van der Waals surface area contributed by atoms with Crippen molar-refractivity contribution in [1.29, 1.82) is 0 Å². The molecular weight excluding hydrogens is 142 g/mol. The summed E-state index contributed by atoms with van der Waals surface area (Å²) in [7, 11) is 0. The number of amides is 1. The van der Waals surface area contributed by atoms with Crippen LogP contribution in [0.25, 0.3) is 0 Å². The lowest BCUT2D eigenvalue weighted by molar-refractivity contribution is -0.125. The van der Waals surface area contributed by atoms with E-state index in [1.165, 1.54) is 0 Å². The number of carbonyl (C=O) groups excluding carboxylic acids is 1. The molecule has 0 aromatic heterocycles. The average Bonchev–Trinajstić information content (AvgIpc) is 2.34. The third-order valence-corrected chi connectivity index (χ3v) is 2.14. The number of hydrogen-bond donors (Lipinski definition) is 1. The first kappa shape index (κ1) is 6.85. The Morgan fingerprint density at radius 3 is 3.00 bits per heavy atom. The highest BCUT2D eigenvalue weighted by Gasteiger charge is 2.35. The Bertz CT molecular complexity index is 204. The van der Waals surface area contributed by atoms with Crippen molar-refractivity contribution in [2.45, 2.75) is 25.0 Å². The maximum atomic E-state index is 10.8. The summed E-state index contributed by atoms with van der Waals surface area (Å²) in [6.45, 7) is 0.755. The summed E-state index contributed by atoms with van der Waals surface area (Å²) in [6, 6.07) is 0. The monoisotopic (exact) mass is 153 g/mol. The zero-order chi connectivity index (χ0) is 7.73. The molecule has 1 amide bonds. The van der Waals surface area contributed by atoms with Gasteiger partial charge in [0, 0.05) is 12.7 Å². The van der Waals surface area contributed by atoms with E-state index in [9.17, 15) is 4.79 Å². The minimum absolute atomic E-state index is 0.0353. The van der Waals surface area contributed by atoms with Crippen molar-refractivity contribution in [3.63, 3.8) is 0 Å². The lowest BCUT2D eigenvalue weighted by Crippen LogP contribution is -2.46. The first-order valence-corrected chi connectivity index (χ1v) is 3.96. The number of carbonyl (C=O) groups is 1. The van der Waals surface area contributed by atoms with Crippen LogP contribution >= 0.6 is 0 Å². The Labute approximate surface area is 65.4 Å². The summed E-state index contributed by atoms with van der Waals surface area (Å²) >= 11 is 0. The fourth-order valence-electron chi connectivity index (χ4n) is 1.55. The second-order valence-corrected chi connectivity index (χ2v) is 3.02. The molecule has 11 heavy (non-hydrogen) atoms. The lowest BCUT2D eigenvalue weighted by atomic mass is 10.0. The summed E-state index contributed by atoms with van der Waals surface area (Å²) in [4.78, 5) is 10.8. The highest BCUT2D eigenvalue weighted by molar-refractivity contribution is 5.91. The third kappa shape index (κ3) is 1.16. The van der Waals surface area contributed by atoms with Crippen LogP contribution in [0.1, 0.15) is 19.3 Å². The molecule has 0 bridgehead atoms. The van der Waals surface area contributed by atoms with E-state index in [1.54, 1.807) is 6.08 Å². The molecule has 3 nitrogen and oxygen atoms in total. The molecule has 2 aliphatic rings. The van der Waals surface area contributed by atoms with E-state index >= 15 is 0 Å². The molecule has 2 heterocycles. The van der Waals surface area contributed by atoms with E-state index < -0.39 is 5.72 Å². The Morgan fingerprint density at radius 2 is 2.45 bits per heavy atom. The van der Waals surface area contributed by atoms with Crippen molar-refractivity contribution in [1.82, 2.24) is 5.32 Å².